The molecule has 0 aliphatic rings. The van der Waals surface area contributed by atoms with Crippen molar-refractivity contribution in [3.63, 3.8) is 0 Å². The maximum atomic E-state index is 13.5. The average Bonchev–Trinajstić information content (AvgIpc) is 2.97. The molecule has 0 fully saturated rings. The average molecular weight is 420 g/mol. The van der Waals surface area contributed by atoms with Gasteiger partial charge in [0.25, 0.3) is 0 Å². The number of hydrogen-bond acceptors (Lipinski definition) is 1. The smallest absolute Gasteiger partial charge is 0.366 e. The fourth-order valence-electron chi connectivity index (χ4n) is 3.56. The lowest BCUT2D eigenvalue weighted by Crippen LogP contribution is -2.13. The number of nitrogens with zero attached hydrogens (tertiary/aromatic N) is 1. The van der Waals surface area contributed by atoms with Crippen molar-refractivity contribution in [3.8, 4) is 0 Å². The summed E-state index contributed by atoms with van der Waals surface area (Å²) in [6, 6.07) is 13.4. The second-order valence-corrected chi connectivity index (χ2v) is 6.91. The van der Waals surface area contributed by atoms with Gasteiger partial charge in [0.2, 0.25) is 5.91 Å². The molecule has 3 nitrogen and oxygen atoms in total. The van der Waals surface area contributed by atoms with Crippen LogP contribution in [0.1, 0.15) is 21.5 Å². The van der Waals surface area contributed by atoms with Gasteiger partial charge in [0, 0.05) is 22.9 Å². The minimum atomic E-state index is -4.73. The highest BCUT2D eigenvalue weighted by molar-refractivity contribution is 6.36. The first-order valence-corrected chi connectivity index (χ1v) is 8.83. The first kappa shape index (κ1) is 19.3. The van der Waals surface area contributed by atoms with Gasteiger partial charge in [-0.25, -0.2) is 4.39 Å². The number of benzene rings is 3. The molecule has 4 aromatic rings. The summed E-state index contributed by atoms with van der Waals surface area (Å²) < 4.78 is 55.4. The summed E-state index contributed by atoms with van der Waals surface area (Å²) >= 11 is 6.35. The number of amides is 1. The third kappa shape index (κ3) is 3.21. The van der Waals surface area contributed by atoms with Crippen molar-refractivity contribution in [1.82, 2.24) is 4.57 Å². The zero-order valence-corrected chi connectivity index (χ0v) is 15.4. The van der Waals surface area contributed by atoms with Crippen molar-refractivity contribution < 1.29 is 22.4 Å². The van der Waals surface area contributed by atoms with Crippen LogP contribution in [0.5, 0.6) is 0 Å². The molecule has 3 aromatic carbocycles. The van der Waals surface area contributed by atoms with Crippen molar-refractivity contribution in [2.45, 2.75) is 12.7 Å². The second kappa shape index (κ2) is 6.77. The lowest BCUT2D eigenvalue weighted by molar-refractivity contribution is -0.138. The van der Waals surface area contributed by atoms with E-state index in [0.29, 0.717) is 27.9 Å². The van der Waals surface area contributed by atoms with Gasteiger partial charge in [0.1, 0.15) is 5.82 Å². The Morgan fingerprint density at radius 1 is 1.17 bits per heavy atom. The monoisotopic (exact) mass is 419 g/mol. The van der Waals surface area contributed by atoms with Crippen molar-refractivity contribution in [1.29, 1.82) is 0 Å². The molecule has 0 spiro atoms. The zero-order chi connectivity index (χ0) is 20.9. The van der Waals surface area contributed by atoms with Crippen LogP contribution in [0.2, 0.25) is 5.02 Å². The Hall–Kier alpha value is -3.06. The van der Waals surface area contributed by atoms with E-state index in [1.165, 1.54) is 6.07 Å². The van der Waals surface area contributed by atoms with Gasteiger partial charge >= 0.3 is 6.18 Å². The highest BCUT2D eigenvalue weighted by Crippen LogP contribution is 2.38. The number of carbonyl (C=O) groups is 1. The van der Waals surface area contributed by atoms with Crippen LogP contribution in [0.3, 0.4) is 0 Å². The van der Waals surface area contributed by atoms with Gasteiger partial charge in [-0.15, -0.1) is 0 Å². The van der Waals surface area contributed by atoms with Gasteiger partial charge in [-0.3, -0.25) is 4.79 Å². The lowest BCUT2D eigenvalue weighted by Gasteiger charge is -2.15. The van der Waals surface area contributed by atoms with Crippen LogP contribution in [0.4, 0.5) is 17.6 Å². The predicted molar refractivity (Wildman–Crippen MR) is 102 cm³/mol. The molecule has 0 aliphatic heterocycles. The summed E-state index contributed by atoms with van der Waals surface area (Å²) in [7, 11) is 0. The molecule has 147 valence electrons. The summed E-state index contributed by atoms with van der Waals surface area (Å²) in [6.45, 7) is -0.241. The maximum Gasteiger partial charge on any atom is 0.416 e. The molecule has 29 heavy (non-hydrogen) atoms. The topological polar surface area (TPSA) is 48.0 Å². The molecule has 4 rings (SSSR count). The number of nitrogens with two attached hydrogens (primary N) is 1. The number of primary amides is 1. The van der Waals surface area contributed by atoms with Crippen LogP contribution in [-0.2, 0) is 12.7 Å². The number of halogens is 5. The summed E-state index contributed by atoms with van der Waals surface area (Å²) in [5, 5.41) is 1.20. The van der Waals surface area contributed by atoms with Gasteiger partial charge in [-0.1, -0.05) is 29.8 Å². The summed E-state index contributed by atoms with van der Waals surface area (Å²) in [5.74, 6) is -1.66. The molecule has 1 radical (unpaired) electrons. The molecule has 0 aliphatic carbocycles. The van der Waals surface area contributed by atoms with E-state index in [2.05, 4.69) is 6.07 Å². The van der Waals surface area contributed by atoms with Crippen LogP contribution >= 0.6 is 11.6 Å². The van der Waals surface area contributed by atoms with Crippen LogP contribution in [0.15, 0.2) is 48.5 Å². The first-order chi connectivity index (χ1) is 13.7. The van der Waals surface area contributed by atoms with Gasteiger partial charge in [-0.2, -0.15) is 13.2 Å². The predicted octanol–water partition coefficient (Wildman–Crippen LogP) is 5.55. The molecule has 1 heterocycles. The van der Waals surface area contributed by atoms with E-state index in [0.717, 1.165) is 12.1 Å². The normalized spacial score (nSPS) is 12.0. The minimum absolute atomic E-state index is 0.137. The molecule has 0 saturated heterocycles. The van der Waals surface area contributed by atoms with Gasteiger partial charge in [0.15, 0.2) is 0 Å². The summed E-state index contributed by atoms with van der Waals surface area (Å²) in [6.07, 6.45) is -4.73. The standard InChI is InChI=1S/C21H12ClF4N2O/c22-16-5-1-3-13-18-14(20(27)29)4-2-6-17(18)28(19(13)16)10-11-7-8-12(23)9-15(11)21(24,25)26/h1-2,4-9H,10H2,(H2,27,29). The number of hydrogen-bond donors (Lipinski definition) is 1. The van der Waals surface area contributed by atoms with E-state index in [1.54, 1.807) is 28.8 Å². The fraction of sp³-hybridized carbons (Fsp3) is 0.0952. The SMILES string of the molecule is NC(=O)c1cccc2c1c1[c]ccc(Cl)c1n2Cc1ccc(F)cc1C(F)(F)F. The molecule has 0 unspecified atom stereocenters. The number of rotatable bonds is 3. The maximum absolute atomic E-state index is 13.5. The highest BCUT2D eigenvalue weighted by atomic mass is 35.5. The van der Waals surface area contributed by atoms with Crippen molar-refractivity contribution in [2.75, 3.05) is 0 Å². The Morgan fingerprint density at radius 3 is 2.62 bits per heavy atom. The van der Waals surface area contributed by atoms with E-state index in [9.17, 15) is 22.4 Å². The molecule has 1 aromatic heterocycles. The summed E-state index contributed by atoms with van der Waals surface area (Å²) in [5.41, 5.74) is 5.36. The van der Waals surface area contributed by atoms with Crippen LogP contribution in [0.25, 0.3) is 21.8 Å². The minimum Gasteiger partial charge on any atom is -0.366 e. The van der Waals surface area contributed by atoms with E-state index in [4.69, 9.17) is 17.3 Å². The first-order valence-electron chi connectivity index (χ1n) is 8.45. The quantitative estimate of drug-likeness (QED) is 0.435. The van der Waals surface area contributed by atoms with Crippen LogP contribution in [-0.4, -0.2) is 10.5 Å². The second-order valence-electron chi connectivity index (χ2n) is 6.50. The number of fused-ring (bicyclic) bond motifs is 3. The molecule has 2 N–H and O–H groups in total. The Labute approximate surface area is 167 Å². The van der Waals surface area contributed by atoms with Gasteiger partial charge in [-0.05, 0) is 42.0 Å². The Morgan fingerprint density at radius 2 is 1.93 bits per heavy atom. The molecule has 0 bridgehead atoms. The molecular formula is C21H12ClF4N2O. The Balaban J connectivity index is 2.05. The lowest BCUT2D eigenvalue weighted by atomic mass is 10.1. The van der Waals surface area contributed by atoms with Crippen LogP contribution < -0.4 is 5.73 Å². The van der Waals surface area contributed by atoms with E-state index < -0.39 is 23.5 Å². The number of aromatic nitrogens is 1. The molecular weight excluding hydrogens is 408 g/mol. The molecule has 0 atom stereocenters. The number of carbonyl (C=O) groups excluding carboxylic acids is 1. The summed E-state index contributed by atoms with van der Waals surface area (Å²) in [4.78, 5) is 11.9. The highest BCUT2D eigenvalue weighted by Gasteiger charge is 2.34. The van der Waals surface area contributed by atoms with Gasteiger partial charge in [0.05, 0.1) is 21.6 Å². The third-order valence-corrected chi connectivity index (χ3v) is 5.05. The largest absolute Gasteiger partial charge is 0.416 e. The molecule has 8 heteroatoms. The third-order valence-electron chi connectivity index (χ3n) is 4.74. The van der Waals surface area contributed by atoms with Crippen LogP contribution in [0, 0.1) is 11.9 Å². The van der Waals surface area contributed by atoms with Crippen molar-refractivity contribution in [3.05, 3.63) is 82.1 Å². The molecule has 1 amide bonds. The van der Waals surface area contributed by atoms with Crippen molar-refractivity contribution in [2.24, 2.45) is 5.73 Å². The van der Waals surface area contributed by atoms with Crippen molar-refractivity contribution >= 4 is 39.3 Å². The van der Waals surface area contributed by atoms with E-state index in [1.807, 2.05) is 0 Å². The van der Waals surface area contributed by atoms with E-state index >= 15 is 0 Å². The number of alkyl halides is 3. The zero-order valence-electron chi connectivity index (χ0n) is 14.6. The fourth-order valence-corrected chi connectivity index (χ4v) is 3.82. The Kier molecular flexibility index (Phi) is 4.50. The van der Waals surface area contributed by atoms with Gasteiger partial charge < -0.3 is 10.3 Å². The Bertz CT molecular complexity index is 1280. The van der Waals surface area contributed by atoms with E-state index in [-0.39, 0.29) is 22.7 Å². The molecule has 0 saturated carbocycles.